The molecule has 6 heteroatoms. The first-order chi connectivity index (χ1) is 10.6. The van der Waals surface area contributed by atoms with Gasteiger partial charge in [-0.2, -0.15) is 5.10 Å². The molecule has 0 unspecified atom stereocenters. The number of carbonyl (C=O) groups is 1. The Balaban J connectivity index is 2.21. The third-order valence-corrected chi connectivity index (χ3v) is 3.49. The molecule has 0 bridgehead atoms. The molecule has 0 saturated heterocycles. The second-order valence-corrected chi connectivity index (χ2v) is 5.08. The molecule has 0 aliphatic carbocycles. The van der Waals surface area contributed by atoms with Crippen molar-refractivity contribution >= 4 is 17.6 Å². The van der Waals surface area contributed by atoms with Gasteiger partial charge in [0.1, 0.15) is 5.82 Å². The molecule has 0 amide bonds. The highest BCUT2D eigenvalue weighted by molar-refractivity contribution is 6.30. The lowest BCUT2D eigenvalue weighted by Crippen LogP contribution is -1.99. The van der Waals surface area contributed by atoms with Crippen LogP contribution in [0.15, 0.2) is 48.5 Å². The van der Waals surface area contributed by atoms with E-state index in [0.29, 0.717) is 27.4 Å². The highest BCUT2D eigenvalue weighted by atomic mass is 35.5. The minimum absolute atomic E-state index is 0.0957. The fourth-order valence-electron chi connectivity index (χ4n) is 2.22. The van der Waals surface area contributed by atoms with Gasteiger partial charge >= 0.3 is 5.97 Å². The molecule has 0 saturated carbocycles. The molecular weight excluding hydrogens is 307 g/mol. The first kappa shape index (κ1) is 14.3. The van der Waals surface area contributed by atoms with Crippen LogP contribution in [0.1, 0.15) is 10.5 Å². The largest absolute Gasteiger partial charge is 0.476 e. The van der Waals surface area contributed by atoms with Crippen molar-refractivity contribution in [2.75, 3.05) is 0 Å². The molecule has 0 spiro atoms. The Labute approximate surface area is 130 Å². The summed E-state index contributed by atoms with van der Waals surface area (Å²) in [4.78, 5) is 11.4. The molecule has 1 heterocycles. The number of halogens is 2. The van der Waals surface area contributed by atoms with Crippen molar-refractivity contribution in [3.8, 4) is 22.4 Å². The van der Waals surface area contributed by atoms with Crippen LogP contribution in [0, 0.1) is 5.82 Å². The van der Waals surface area contributed by atoms with Crippen LogP contribution < -0.4 is 0 Å². The van der Waals surface area contributed by atoms with Gasteiger partial charge in [0.25, 0.3) is 0 Å². The molecule has 3 rings (SSSR count). The highest BCUT2D eigenvalue weighted by Gasteiger charge is 2.21. The van der Waals surface area contributed by atoms with Crippen LogP contribution in [-0.2, 0) is 0 Å². The minimum Gasteiger partial charge on any atom is -0.476 e. The van der Waals surface area contributed by atoms with Gasteiger partial charge in [-0.15, -0.1) is 0 Å². The van der Waals surface area contributed by atoms with Crippen molar-refractivity contribution in [3.05, 3.63) is 65.1 Å². The zero-order valence-electron chi connectivity index (χ0n) is 11.2. The SMILES string of the molecule is O=C(O)c1n[nH]c(-c2ccc(F)cc2)c1-c1ccc(Cl)cc1. The van der Waals surface area contributed by atoms with E-state index in [0.717, 1.165) is 0 Å². The van der Waals surface area contributed by atoms with Crippen LogP contribution in [0.3, 0.4) is 0 Å². The van der Waals surface area contributed by atoms with Gasteiger partial charge in [0.15, 0.2) is 5.69 Å². The number of carboxylic acid groups (broad SMARTS) is 1. The molecular formula is C16H10ClFN2O2. The second kappa shape index (κ2) is 5.61. The quantitative estimate of drug-likeness (QED) is 0.759. The molecule has 2 aromatic carbocycles. The maximum atomic E-state index is 13.1. The Bertz CT molecular complexity index is 826. The standard InChI is InChI=1S/C16H10ClFN2O2/c17-11-5-1-9(2-6-11)13-14(19-20-15(13)16(21)22)10-3-7-12(18)8-4-10/h1-8H,(H,19,20)(H,21,22). The van der Waals surface area contributed by atoms with Gasteiger partial charge < -0.3 is 5.11 Å². The van der Waals surface area contributed by atoms with Gasteiger partial charge in [-0.1, -0.05) is 23.7 Å². The second-order valence-electron chi connectivity index (χ2n) is 4.64. The number of aromatic nitrogens is 2. The van der Waals surface area contributed by atoms with E-state index in [1.165, 1.54) is 12.1 Å². The lowest BCUT2D eigenvalue weighted by molar-refractivity contribution is 0.0691. The minimum atomic E-state index is -1.14. The summed E-state index contributed by atoms with van der Waals surface area (Å²) in [5.74, 6) is -1.51. The van der Waals surface area contributed by atoms with E-state index in [1.807, 2.05) is 0 Å². The zero-order valence-corrected chi connectivity index (χ0v) is 11.9. The molecule has 1 aromatic heterocycles. The number of rotatable bonds is 3. The molecule has 0 atom stereocenters. The molecule has 0 aliphatic heterocycles. The predicted molar refractivity (Wildman–Crippen MR) is 81.4 cm³/mol. The number of aromatic amines is 1. The smallest absolute Gasteiger partial charge is 0.357 e. The third kappa shape index (κ3) is 2.58. The van der Waals surface area contributed by atoms with E-state index in [1.54, 1.807) is 36.4 Å². The topological polar surface area (TPSA) is 66.0 Å². The summed E-state index contributed by atoms with van der Waals surface area (Å²) < 4.78 is 13.1. The fourth-order valence-corrected chi connectivity index (χ4v) is 2.35. The van der Waals surface area contributed by atoms with Gasteiger partial charge in [-0.3, -0.25) is 5.10 Å². The summed E-state index contributed by atoms with van der Waals surface area (Å²) in [7, 11) is 0. The normalized spacial score (nSPS) is 10.6. The average Bonchev–Trinajstić information content (AvgIpc) is 2.94. The van der Waals surface area contributed by atoms with Crippen molar-refractivity contribution in [3.63, 3.8) is 0 Å². The summed E-state index contributed by atoms with van der Waals surface area (Å²) in [6, 6.07) is 12.5. The van der Waals surface area contributed by atoms with E-state index < -0.39 is 5.97 Å². The summed E-state index contributed by atoms with van der Waals surface area (Å²) in [5.41, 5.74) is 2.17. The van der Waals surface area contributed by atoms with Crippen LogP contribution in [0.25, 0.3) is 22.4 Å². The van der Waals surface area contributed by atoms with E-state index in [4.69, 9.17) is 11.6 Å². The van der Waals surface area contributed by atoms with Crippen LogP contribution in [0.5, 0.6) is 0 Å². The molecule has 0 aliphatic rings. The summed E-state index contributed by atoms with van der Waals surface area (Å²) in [6.45, 7) is 0. The number of hydrogen-bond acceptors (Lipinski definition) is 2. The maximum Gasteiger partial charge on any atom is 0.357 e. The van der Waals surface area contributed by atoms with Crippen molar-refractivity contribution in [1.29, 1.82) is 0 Å². The van der Waals surface area contributed by atoms with Gasteiger partial charge in [0, 0.05) is 16.1 Å². The Morgan fingerprint density at radius 3 is 2.23 bits per heavy atom. The Morgan fingerprint density at radius 1 is 1.05 bits per heavy atom. The van der Waals surface area contributed by atoms with Crippen LogP contribution in [-0.4, -0.2) is 21.3 Å². The average molecular weight is 317 g/mol. The van der Waals surface area contributed by atoms with E-state index in [9.17, 15) is 14.3 Å². The predicted octanol–water partition coefficient (Wildman–Crippen LogP) is 4.23. The maximum absolute atomic E-state index is 13.1. The first-order valence-electron chi connectivity index (χ1n) is 6.40. The van der Waals surface area contributed by atoms with Gasteiger partial charge in [-0.05, 0) is 42.0 Å². The van der Waals surface area contributed by atoms with Crippen LogP contribution in [0.4, 0.5) is 4.39 Å². The number of nitrogens with one attached hydrogen (secondary N) is 1. The lowest BCUT2D eigenvalue weighted by atomic mass is 9.99. The van der Waals surface area contributed by atoms with Crippen LogP contribution in [0.2, 0.25) is 5.02 Å². The fraction of sp³-hybridized carbons (Fsp3) is 0. The monoisotopic (exact) mass is 316 g/mol. The van der Waals surface area contributed by atoms with Crippen molar-refractivity contribution < 1.29 is 14.3 Å². The third-order valence-electron chi connectivity index (χ3n) is 3.23. The number of nitrogens with zero attached hydrogens (tertiary/aromatic N) is 1. The lowest BCUT2D eigenvalue weighted by Gasteiger charge is -2.05. The van der Waals surface area contributed by atoms with E-state index in [-0.39, 0.29) is 11.5 Å². The number of aromatic carboxylic acids is 1. The summed E-state index contributed by atoms with van der Waals surface area (Å²) in [6.07, 6.45) is 0. The van der Waals surface area contributed by atoms with Crippen molar-refractivity contribution in [2.45, 2.75) is 0 Å². The highest BCUT2D eigenvalue weighted by Crippen LogP contribution is 2.33. The van der Waals surface area contributed by atoms with Gasteiger partial charge in [-0.25, -0.2) is 9.18 Å². The number of benzene rings is 2. The Morgan fingerprint density at radius 2 is 1.64 bits per heavy atom. The summed E-state index contributed by atoms with van der Waals surface area (Å²) in [5, 5.41) is 16.4. The van der Waals surface area contributed by atoms with Gasteiger partial charge in [0.05, 0.1) is 5.69 Å². The molecule has 22 heavy (non-hydrogen) atoms. The molecule has 0 radical (unpaired) electrons. The van der Waals surface area contributed by atoms with E-state index >= 15 is 0 Å². The van der Waals surface area contributed by atoms with E-state index in [2.05, 4.69) is 10.2 Å². The molecule has 110 valence electrons. The zero-order chi connectivity index (χ0) is 15.7. The van der Waals surface area contributed by atoms with Crippen molar-refractivity contribution in [2.24, 2.45) is 0 Å². The first-order valence-corrected chi connectivity index (χ1v) is 6.77. The Hall–Kier alpha value is -2.66. The number of hydrogen-bond donors (Lipinski definition) is 2. The molecule has 3 aromatic rings. The molecule has 0 fully saturated rings. The van der Waals surface area contributed by atoms with Crippen LogP contribution >= 0.6 is 11.6 Å². The molecule has 2 N–H and O–H groups in total. The number of H-pyrrole nitrogens is 1. The summed E-state index contributed by atoms with van der Waals surface area (Å²) >= 11 is 5.87. The number of carboxylic acids is 1. The van der Waals surface area contributed by atoms with Gasteiger partial charge in [0.2, 0.25) is 0 Å². The Kier molecular flexibility index (Phi) is 3.65. The molecule has 4 nitrogen and oxygen atoms in total. The van der Waals surface area contributed by atoms with Crippen molar-refractivity contribution in [1.82, 2.24) is 10.2 Å².